The Morgan fingerprint density at radius 2 is 1.78 bits per heavy atom. The van der Waals surface area contributed by atoms with E-state index < -0.39 is 0 Å². The maximum Gasteiger partial charge on any atom is 0.251 e. The van der Waals surface area contributed by atoms with E-state index in [2.05, 4.69) is 10.2 Å². The Morgan fingerprint density at radius 1 is 1.15 bits per heavy atom. The third-order valence-electron chi connectivity index (χ3n) is 5.53. The van der Waals surface area contributed by atoms with Crippen molar-refractivity contribution in [2.24, 2.45) is 0 Å². The molecule has 1 saturated carbocycles. The number of ether oxygens (including phenoxy) is 2. The molecule has 0 radical (unpaired) electrons. The minimum atomic E-state index is -0.000644. The zero-order valence-corrected chi connectivity index (χ0v) is 17.4. The predicted octanol–water partition coefficient (Wildman–Crippen LogP) is 3.66. The molecule has 1 aliphatic heterocycles. The molecule has 27 heavy (non-hydrogen) atoms. The summed E-state index contributed by atoms with van der Waals surface area (Å²) in [6.07, 6.45) is 6.25. The lowest BCUT2D eigenvalue weighted by atomic mass is 9.79. The standard InChI is InChI=1S/C21H32N2O3.ClH/c1-17(2)26-19-8-6-18(7-9-19)20(24)22-16-21(10-4-3-5-11-21)23-12-14-25-15-13-23;/h6-9,17H,3-5,10-16H2,1-2H3,(H,22,24);1H. The molecule has 1 saturated heterocycles. The van der Waals surface area contributed by atoms with Gasteiger partial charge in [-0.1, -0.05) is 19.3 Å². The Balaban J connectivity index is 0.00000261. The van der Waals surface area contributed by atoms with Gasteiger partial charge in [0.2, 0.25) is 0 Å². The van der Waals surface area contributed by atoms with Gasteiger partial charge in [-0.25, -0.2) is 0 Å². The fraction of sp³-hybridized carbons (Fsp3) is 0.667. The van der Waals surface area contributed by atoms with Crippen LogP contribution in [0.5, 0.6) is 5.75 Å². The molecule has 1 N–H and O–H groups in total. The normalized spacial score (nSPS) is 20.0. The summed E-state index contributed by atoms with van der Waals surface area (Å²) in [7, 11) is 0. The molecule has 6 heteroatoms. The smallest absolute Gasteiger partial charge is 0.251 e. The summed E-state index contributed by atoms with van der Waals surface area (Å²) >= 11 is 0. The Hall–Kier alpha value is -1.30. The zero-order valence-electron chi connectivity index (χ0n) is 16.5. The SMILES string of the molecule is CC(C)Oc1ccc(C(=O)NCC2(N3CCOCC3)CCCCC2)cc1.Cl. The molecule has 0 atom stereocenters. The van der Waals surface area contributed by atoms with Gasteiger partial charge in [0.05, 0.1) is 19.3 Å². The maximum absolute atomic E-state index is 12.7. The number of hydrogen-bond acceptors (Lipinski definition) is 4. The monoisotopic (exact) mass is 396 g/mol. The second-order valence-electron chi connectivity index (χ2n) is 7.76. The number of rotatable bonds is 6. The summed E-state index contributed by atoms with van der Waals surface area (Å²) in [4.78, 5) is 15.2. The number of benzene rings is 1. The summed E-state index contributed by atoms with van der Waals surface area (Å²) in [5, 5.41) is 3.20. The fourth-order valence-corrected chi connectivity index (χ4v) is 4.16. The van der Waals surface area contributed by atoms with Gasteiger partial charge >= 0.3 is 0 Å². The quantitative estimate of drug-likeness (QED) is 0.797. The van der Waals surface area contributed by atoms with Gasteiger partial charge < -0.3 is 14.8 Å². The molecule has 5 nitrogen and oxygen atoms in total. The van der Waals surface area contributed by atoms with Crippen LogP contribution in [0.1, 0.15) is 56.3 Å². The van der Waals surface area contributed by atoms with Crippen LogP contribution in [-0.4, -0.2) is 55.3 Å². The van der Waals surface area contributed by atoms with Crippen molar-refractivity contribution in [1.29, 1.82) is 0 Å². The van der Waals surface area contributed by atoms with E-state index in [1.54, 1.807) is 0 Å². The predicted molar refractivity (Wildman–Crippen MR) is 110 cm³/mol. The summed E-state index contributed by atoms with van der Waals surface area (Å²) in [6.45, 7) is 8.25. The first kappa shape index (κ1) is 22.0. The number of hydrogen-bond donors (Lipinski definition) is 1. The Morgan fingerprint density at radius 3 is 2.37 bits per heavy atom. The molecular weight excluding hydrogens is 364 g/mol. The van der Waals surface area contributed by atoms with E-state index in [1.165, 1.54) is 19.3 Å². The minimum absolute atomic E-state index is 0. The van der Waals surface area contributed by atoms with Crippen LogP contribution in [0.2, 0.25) is 0 Å². The molecule has 1 aromatic carbocycles. The van der Waals surface area contributed by atoms with Crippen molar-refractivity contribution in [1.82, 2.24) is 10.2 Å². The van der Waals surface area contributed by atoms with Crippen LogP contribution in [0.15, 0.2) is 24.3 Å². The number of amides is 1. The van der Waals surface area contributed by atoms with Crippen LogP contribution in [0.4, 0.5) is 0 Å². The van der Waals surface area contributed by atoms with E-state index >= 15 is 0 Å². The van der Waals surface area contributed by atoms with Gasteiger partial charge in [0.1, 0.15) is 5.75 Å². The molecule has 1 heterocycles. The van der Waals surface area contributed by atoms with Crippen LogP contribution in [-0.2, 0) is 4.74 Å². The molecule has 152 valence electrons. The first-order valence-corrected chi connectivity index (χ1v) is 9.97. The zero-order chi connectivity index (χ0) is 18.4. The van der Waals surface area contributed by atoms with E-state index in [4.69, 9.17) is 9.47 Å². The van der Waals surface area contributed by atoms with Gasteiger partial charge in [-0.15, -0.1) is 12.4 Å². The van der Waals surface area contributed by atoms with Crippen molar-refractivity contribution in [3.8, 4) is 5.75 Å². The van der Waals surface area contributed by atoms with Crippen LogP contribution < -0.4 is 10.1 Å². The highest BCUT2D eigenvalue weighted by atomic mass is 35.5. The molecule has 1 aliphatic carbocycles. The maximum atomic E-state index is 12.7. The fourth-order valence-electron chi connectivity index (χ4n) is 4.16. The minimum Gasteiger partial charge on any atom is -0.491 e. The molecule has 0 spiro atoms. The van der Waals surface area contributed by atoms with Crippen LogP contribution in [0.25, 0.3) is 0 Å². The average Bonchev–Trinajstić information content (AvgIpc) is 2.68. The van der Waals surface area contributed by atoms with Crippen LogP contribution >= 0.6 is 12.4 Å². The highest BCUT2D eigenvalue weighted by molar-refractivity contribution is 5.94. The van der Waals surface area contributed by atoms with E-state index in [1.807, 2.05) is 38.1 Å². The van der Waals surface area contributed by atoms with Crippen LogP contribution in [0.3, 0.4) is 0 Å². The lowest BCUT2D eigenvalue weighted by Crippen LogP contribution is -2.59. The summed E-state index contributed by atoms with van der Waals surface area (Å²) in [6, 6.07) is 7.42. The highest BCUT2D eigenvalue weighted by Crippen LogP contribution is 2.34. The molecular formula is C21H33ClN2O3. The van der Waals surface area contributed by atoms with Gasteiger partial charge in [-0.3, -0.25) is 9.69 Å². The Labute approximate surface area is 169 Å². The van der Waals surface area contributed by atoms with Gasteiger partial charge in [-0.05, 0) is 51.0 Å². The molecule has 0 bridgehead atoms. The molecule has 0 aromatic heterocycles. The summed E-state index contributed by atoms with van der Waals surface area (Å²) < 4.78 is 11.2. The second kappa shape index (κ2) is 10.3. The summed E-state index contributed by atoms with van der Waals surface area (Å²) in [5.74, 6) is 0.799. The summed E-state index contributed by atoms with van der Waals surface area (Å²) in [5.41, 5.74) is 0.785. The largest absolute Gasteiger partial charge is 0.491 e. The molecule has 2 fully saturated rings. The molecule has 2 aliphatic rings. The number of morpholine rings is 1. The lowest BCUT2D eigenvalue weighted by Gasteiger charge is -2.48. The third-order valence-corrected chi connectivity index (χ3v) is 5.53. The van der Waals surface area contributed by atoms with E-state index in [9.17, 15) is 4.79 Å². The molecule has 0 unspecified atom stereocenters. The van der Waals surface area contributed by atoms with Crippen molar-refractivity contribution in [2.75, 3.05) is 32.8 Å². The van der Waals surface area contributed by atoms with Gasteiger partial charge in [0.15, 0.2) is 0 Å². The highest BCUT2D eigenvalue weighted by Gasteiger charge is 2.38. The molecule has 3 rings (SSSR count). The molecule has 1 aromatic rings. The molecule has 1 amide bonds. The number of carbonyl (C=O) groups is 1. The van der Waals surface area contributed by atoms with Crippen molar-refractivity contribution in [2.45, 2.75) is 57.6 Å². The van der Waals surface area contributed by atoms with Gasteiger partial charge in [0, 0.05) is 30.7 Å². The number of nitrogens with one attached hydrogen (secondary N) is 1. The number of nitrogens with zero attached hydrogens (tertiary/aromatic N) is 1. The van der Waals surface area contributed by atoms with Crippen molar-refractivity contribution in [3.63, 3.8) is 0 Å². The first-order chi connectivity index (χ1) is 12.6. The topological polar surface area (TPSA) is 50.8 Å². The number of halogens is 1. The Kier molecular flexibility index (Phi) is 8.39. The van der Waals surface area contributed by atoms with E-state index in [0.29, 0.717) is 5.56 Å². The first-order valence-electron chi connectivity index (χ1n) is 9.97. The van der Waals surface area contributed by atoms with Crippen LogP contribution in [0, 0.1) is 0 Å². The lowest BCUT2D eigenvalue weighted by molar-refractivity contribution is -0.0361. The average molecular weight is 397 g/mol. The van der Waals surface area contributed by atoms with Crippen molar-refractivity contribution >= 4 is 18.3 Å². The van der Waals surface area contributed by atoms with Gasteiger partial charge in [0.25, 0.3) is 5.91 Å². The van der Waals surface area contributed by atoms with Crippen molar-refractivity contribution < 1.29 is 14.3 Å². The Bertz CT molecular complexity index is 580. The second-order valence-corrected chi connectivity index (χ2v) is 7.76. The third kappa shape index (κ3) is 5.84. The van der Waals surface area contributed by atoms with Crippen molar-refractivity contribution in [3.05, 3.63) is 29.8 Å². The van der Waals surface area contributed by atoms with Gasteiger partial charge in [-0.2, -0.15) is 0 Å². The number of carbonyl (C=O) groups excluding carboxylic acids is 1. The van der Waals surface area contributed by atoms with E-state index in [-0.39, 0.29) is 30.0 Å². The van der Waals surface area contributed by atoms with E-state index in [0.717, 1.165) is 51.4 Å².